The highest BCUT2D eigenvalue weighted by atomic mass is 19.4. The van der Waals surface area contributed by atoms with E-state index in [0.29, 0.717) is 12.0 Å². The van der Waals surface area contributed by atoms with Crippen LogP contribution in [0.4, 0.5) is 13.2 Å². The molecule has 0 fully saturated rings. The van der Waals surface area contributed by atoms with Gasteiger partial charge in [0.15, 0.2) is 0 Å². The van der Waals surface area contributed by atoms with E-state index < -0.39 is 24.2 Å². The lowest BCUT2D eigenvalue weighted by Crippen LogP contribution is -2.40. The number of amides is 1. The largest absolute Gasteiger partial charge is 0.406 e. The van der Waals surface area contributed by atoms with Crippen LogP contribution in [-0.4, -0.2) is 29.1 Å². The maximum atomic E-state index is 12.6. The highest BCUT2D eigenvalue weighted by Gasteiger charge is 2.33. The molecular formula is C15H21F3N2O. The summed E-state index contributed by atoms with van der Waals surface area (Å²) in [6.45, 7) is 2.19. The molecule has 0 atom stereocenters. The highest BCUT2D eigenvalue weighted by molar-refractivity contribution is 5.76. The molecule has 0 aliphatic carbocycles. The molecule has 6 heteroatoms. The maximum absolute atomic E-state index is 12.6. The topological polar surface area (TPSA) is 46.3 Å². The molecule has 0 aliphatic heterocycles. The van der Waals surface area contributed by atoms with Gasteiger partial charge >= 0.3 is 6.18 Å². The third-order valence-corrected chi connectivity index (χ3v) is 2.92. The van der Waals surface area contributed by atoms with Gasteiger partial charge in [0.25, 0.3) is 0 Å². The Morgan fingerprint density at radius 1 is 1.19 bits per heavy atom. The first-order valence-electron chi connectivity index (χ1n) is 6.74. The number of halogens is 3. The van der Waals surface area contributed by atoms with Gasteiger partial charge in [-0.2, -0.15) is 13.2 Å². The first kappa shape index (κ1) is 17.5. The van der Waals surface area contributed by atoms with E-state index in [1.165, 1.54) is 0 Å². The molecule has 0 aromatic heterocycles. The van der Waals surface area contributed by atoms with Gasteiger partial charge < -0.3 is 10.6 Å². The van der Waals surface area contributed by atoms with Crippen LogP contribution in [0.5, 0.6) is 0 Å². The zero-order chi connectivity index (χ0) is 16.1. The van der Waals surface area contributed by atoms with E-state index in [1.807, 2.05) is 0 Å². The van der Waals surface area contributed by atoms with Crippen LogP contribution in [0.3, 0.4) is 0 Å². The second-order valence-electron chi connectivity index (χ2n) is 5.84. The van der Waals surface area contributed by atoms with Crippen molar-refractivity contribution < 1.29 is 18.0 Å². The number of alkyl halides is 3. The average molecular weight is 302 g/mol. The predicted octanol–water partition coefficient (Wildman–Crippen LogP) is 3.10. The van der Waals surface area contributed by atoms with Crippen molar-refractivity contribution in [1.29, 1.82) is 0 Å². The van der Waals surface area contributed by atoms with Gasteiger partial charge in [0.05, 0.1) is 0 Å². The molecule has 0 unspecified atom stereocenters. The first-order valence-corrected chi connectivity index (χ1v) is 6.74. The van der Waals surface area contributed by atoms with E-state index >= 15 is 0 Å². The lowest BCUT2D eigenvalue weighted by Gasteiger charge is -2.26. The van der Waals surface area contributed by atoms with Crippen molar-refractivity contribution in [3.8, 4) is 0 Å². The average Bonchev–Trinajstić information content (AvgIpc) is 2.34. The zero-order valence-electron chi connectivity index (χ0n) is 12.3. The molecule has 21 heavy (non-hydrogen) atoms. The Hall–Kier alpha value is -1.56. The summed E-state index contributed by atoms with van der Waals surface area (Å²) in [6, 6.07) is 8.63. The van der Waals surface area contributed by atoms with E-state index in [2.05, 4.69) is 0 Å². The van der Waals surface area contributed by atoms with Crippen molar-refractivity contribution >= 4 is 5.91 Å². The molecule has 1 rings (SSSR count). The molecule has 0 spiro atoms. The van der Waals surface area contributed by atoms with Crippen LogP contribution in [0.1, 0.15) is 32.3 Å². The van der Waals surface area contributed by atoms with Crippen LogP contribution in [0.15, 0.2) is 30.3 Å². The van der Waals surface area contributed by atoms with Gasteiger partial charge in [0.1, 0.15) is 6.54 Å². The Bertz CT molecular complexity index is 452. The summed E-state index contributed by atoms with van der Waals surface area (Å²) >= 11 is 0. The molecule has 0 saturated heterocycles. The minimum absolute atomic E-state index is 0.00636. The molecule has 0 radical (unpaired) electrons. The fraction of sp³-hybridized carbons (Fsp3) is 0.533. The number of nitrogens with two attached hydrogens (primary N) is 1. The minimum Gasteiger partial charge on any atom is -0.329 e. The van der Waals surface area contributed by atoms with Crippen molar-refractivity contribution in [2.24, 2.45) is 5.73 Å². The van der Waals surface area contributed by atoms with Crippen molar-refractivity contribution in [1.82, 2.24) is 4.90 Å². The van der Waals surface area contributed by atoms with Crippen LogP contribution in [0.25, 0.3) is 0 Å². The van der Waals surface area contributed by atoms with E-state index in [1.54, 1.807) is 44.2 Å². The summed E-state index contributed by atoms with van der Waals surface area (Å²) in [5, 5.41) is 0. The predicted molar refractivity (Wildman–Crippen MR) is 75.4 cm³/mol. The van der Waals surface area contributed by atoms with E-state index in [9.17, 15) is 18.0 Å². The number of carbonyl (C=O) groups excluding carboxylic acids is 1. The van der Waals surface area contributed by atoms with Gasteiger partial charge in [-0.05, 0) is 25.8 Å². The molecular weight excluding hydrogens is 281 g/mol. The van der Waals surface area contributed by atoms with Gasteiger partial charge in [0, 0.05) is 18.5 Å². The quantitative estimate of drug-likeness (QED) is 0.877. The zero-order valence-corrected chi connectivity index (χ0v) is 12.3. The maximum Gasteiger partial charge on any atom is 0.406 e. The van der Waals surface area contributed by atoms with Crippen molar-refractivity contribution in [3.05, 3.63) is 35.9 Å². The summed E-state index contributed by atoms with van der Waals surface area (Å²) < 4.78 is 37.9. The Morgan fingerprint density at radius 3 is 2.24 bits per heavy atom. The first-order chi connectivity index (χ1) is 9.57. The van der Waals surface area contributed by atoms with Crippen molar-refractivity contribution in [3.63, 3.8) is 0 Å². The van der Waals surface area contributed by atoms with Crippen LogP contribution in [0, 0.1) is 0 Å². The molecule has 1 aromatic carbocycles. The number of carbonyl (C=O) groups is 1. The molecule has 1 aromatic rings. The summed E-state index contributed by atoms with van der Waals surface area (Å²) in [5.74, 6) is -0.533. The summed E-state index contributed by atoms with van der Waals surface area (Å²) in [4.78, 5) is 12.9. The number of nitrogens with zero attached hydrogens (tertiary/aromatic N) is 1. The Balaban J connectivity index is 2.74. The number of hydrogen-bond acceptors (Lipinski definition) is 2. The molecule has 2 N–H and O–H groups in total. The second kappa shape index (κ2) is 6.93. The number of rotatable bonds is 6. The van der Waals surface area contributed by atoms with Gasteiger partial charge in [-0.25, -0.2) is 0 Å². The van der Waals surface area contributed by atoms with E-state index in [0.717, 1.165) is 4.90 Å². The van der Waals surface area contributed by atoms with Crippen LogP contribution in [-0.2, 0) is 11.3 Å². The Labute approximate surface area is 122 Å². The third kappa shape index (κ3) is 7.70. The van der Waals surface area contributed by atoms with E-state index in [4.69, 9.17) is 5.73 Å². The Kier molecular flexibility index (Phi) is 5.78. The van der Waals surface area contributed by atoms with Crippen molar-refractivity contribution in [2.45, 2.75) is 44.9 Å². The lowest BCUT2D eigenvalue weighted by molar-refractivity contribution is -0.162. The van der Waals surface area contributed by atoms with E-state index in [-0.39, 0.29) is 13.0 Å². The fourth-order valence-corrected chi connectivity index (χ4v) is 1.84. The van der Waals surface area contributed by atoms with Crippen molar-refractivity contribution in [2.75, 3.05) is 6.54 Å². The summed E-state index contributed by atoms with van der Waals surface area (Å²) in [5.41, 5.74) is 5.86. The normalized spacial score (nSPS) is 12.3. The molecule has 0 bridgehead atoms. The fourth-order valence-electron chi connectivity index (χ4n) is 1.84. The number of hydrogen-bond donors (Lipinski definition) is 1. The monoisotopic (exact) mass is 302 g/mol. The highest BCUT2D eigenvalue weighted by Crippen LogP contribution is 2.20. The third-order valence-electron chi connectivity index (χ3n) is 2.92. The van der Waals surface area contributed by atoms with Crippen LogP contribution >= 0.6 is 0 Å². The molecule has 1 amide bonds. The number of benzene rings is 1. The second-order valence-corrected chi connectivity index (χ2v) is 5.84. The van der Waals surface area contributed by atoms with Crippen LogP contribution in [0.2, 0.25) is 0 Å². The van der Waals surface area contributed by atoms with Gasteiger partial charge in [0.2, 0.25) is 5.91 Å². The summed E-state index contributed by atoms with van der Waals surface area (Å²) in [6.07, 6.45) is -4.07. The SMILES string of the molecule is CC(C)(N)CCC(=O)N(Cc1ccccc1)CC(F)(F)F. The molecule has 0 saturated carbocycles. The van der Waals surface area contributed by atoms with Gasteiger partial charge in [-0.15, -0.1) is 0 Å². The molecule has 0 heterocycles. The lowest BCUT2D eigenvalue weighted by atomic mass is 9.99. The van der Waals surface area contributed by atoms with Crippen LogP contribution < -0.4 is 5.73 Å². The summed E-state index contributed by atoms with van der Waals surface area (Å²) in [7, 11) is 0. The van der Waals surface area contributed by atoms with Gasteiger partial charge in [-0.1, -0.05) is 30.3 Å². The molecule has 3 nitrogen and oxygen atoms in total. The molecule has 118 valence electrons. The molecule has 0 aliphatic rings. The smallest absolute Gasteiger partial charge is 0.329 e. The van der Waals surface area contributed by atoms with Gasteiger partial charge in [-0.3, -0.25) is 4.79 Å². The Morgan fingerprint density at radius 2 is 1.76 bits per heavy atom. The minimum atomic E-state index is -4.41. The standard InChI is InChI=1S/C15H21F3N2O/c1-14(2,19)9-8-13(21)20(11-15(16,17)18)10-12-6-4-3-5-7-12/h3-7H,8-11,19H2,1-2H3.